The summed E-state index contributed by atoms with van der Waals surface area (Å²) in [5, 5.41) is 3.25. The van der Waals surface area contributed by atoms with Crippen LogP contribution in [0.4, 0.5) is 5.82 Å². The van der Waals surface area contributed by atoms with E-state index in [0.717, 1.165) is 0 Å². The number of pyridine rings is 1. The third-order valence-electron chi connectivity index (χ3n) is 2.81. The highest BCUT2D eigenvalue weighted by Gasteiger charge is 2.29. The van der Waals surface area contributed by atoms with Crippen LogP contribution >= 0.6 is 11.6 Å². The lowest BCUT2D eigenvalue weighted by molar-refractivity contribution is 0.0936. The molecule has 1 aromatic heterocycles. The number of carbonyl (C=O) groups is 1. The lowest BCUT2D eigenvalue weighted by atomic mass is 10.2. The molecule has 16 heavy (non-hydrogen) atoms. The van der Waals surface area contributed by atoms with Gasteiger partial charge in [0.1, 0.15) is 5.82 Å². The lowest BCUT2D eigenvalue weighted by Crippen LogP contribution is -2.34. The molecule has 1 aromatic rings. The first-order valence-electron chi connectivity index (χ1n) is 5.30. The number of nitrogens with two attached hydrogens (primary N) is 1. The number of rotatable bonds is 3. The van der Waals surface area contributed by atoms with E-state index in [1.54, 1.807) is 0 Å². The maximum atomic E-state index is 11.9. The molecular formula is C11H14ClN3O. The van der Waals surface area contributed by atoms with Gasteiger partial charge in [0.15, 0.2) is 0 Å². The molecule has 0 aliphatic heterocycles. The molecular weight excluding hydrogens is 226 g/mol. The van der Waals surface area contributed by atoms with Crippen LogP contribution in [-0.2, 0) is 0 Å². The van der Waals surface area contributed by atoms with Crippen molar-refractivity contribution in [3.8, 4) is 0 Å². The summed E-state index contributed by atoms with van der Waals surface area (Å²) in [5.41, 5.74) is 5.91. The molecule has 3 N–H and O–H groups in total. The number of halogens is 1. The van der Waals surface area contributed by atoms with Crippen molar-refractivity contribution in [1.82, 2.24) is 10.3 Å². The number of nitrogens with zero attached hydrogens (tertiary/aromatic N) is 1. The molecule has 2 rings (SSSR count). The Labute approximate surface area is 99.2 Å². The molecule has 1 heterocycles. The molecule has 0 aromatic carbocycles. The summed E-state index contributed by atoms with van der Waals surface area (Å²) < 4.78 is 0. The number of hydrogen-bond acceptors (Lipinski definition) is 3. The van der Waals surface area contributed by atoms with E-state index in [1.807, 2.05) is 6.92 Å². The van der Waals surface area contributed by atoms with E-state index in [4.69, 9.17) is 17.3 Å². The predicted octanol–water partition coefficient (Wildman–Crippen LogP) is 1.85. The van der Waals surface area contributed by atoms with Crippen molar-refractivity contribution in [2.24, 2.45) is 5.92 Å². The molecule has 1 fully saturated rings. The standard InChI is InChI=1S/C11H14ClN3O/c1-6(7-2-3-7)15-11(16)8-4-10(13)14-5-9(8)12/h4-7H,2-3H2,1H3,(H2,13,14)(H,15,16). The molecule has 1 amide bonds. The van der Waals surface area contributed by atoms with Gasteiger partial charge < -0.3 is 11.1 Å². The Morgan fingerprint density at radius 1 is 1.69 bits per heavy atom. The van der Waals surface area contributed by atoms with E-state index < -0.39 is 0 Å². The van der Waals surface area contributed by atoms with Crippen molar-refractivity contribution in [3.63, 3.8) is 0 Å². The van der Waals surface area contributed by atoms with Gasteiger partial charge in [0.05, 0.1) is 10.6 Å². The molecule has 1 unspecified atom stereocenters. The average molecular weight is 240 g/mol. The van der Waals surface area contributed by atoms with E-state index in [1.165, 1.54) is 25.1 Å². The van der Waals surface area contributed by atoms with Crippen LogP contribution in [0.25, 0.3) is 0 Å². The summed E-state index contributed by atoms with van der Waals surface area (Å²) in [6.07, 6.45) is 3.77. The van der Waals surface area contributed by atoms with Crippen LogP contribution in [0.1, 0.15) is 30.1 Å². The zero-order chi connectivity index (χ0) is 11.7. The zero-order valence-electron chi connectivity index (χ0n) is 9.03. The third-order valence-corrected chi connectivity index (χ3v) is 3.11. The Hall–Kier alpha value is -1.29. The largest absolute Gasteiger partial charge is 0.384 e. The monoisotopic (exact) mass is 239 g/mol. The predicted molar refractivity (Wildman–Crippen MR) is 63.3 cm³/mol. The van der Waals surface area contributed by atoms with Crippen molar-refractivity contribution in [3.05, 3.63) is 22.8 Å². The van der Waals surface area contributed by atoms with E-state index in [-0.39, 0.29) is 11.9 Å². The molecule has 1 atom stereocenters. The van der Waals surface area contributed by atoms with Crippen LogP contribution in [-0.4, -0.2) is 16.9 Å². The second kappa shape index (κ2) is 4.29. The first kappa shape index (κ1) is 11.2. The molecule has 0 radical (unpaired) electrons. The van der Waals surface area contributed by atoms with Gasteiger partial charge in [-0.3, -0.25) is 4.79 Å². The van der Waals surface area contributed by atoms with Crippen molar-refractivity contribution in [2.75, 3.05) is 5.73 Å². The normalized spacial score (nSPS) is 16.9. The lowest BCUT2D eigenvalue weighted by Gasteiger charge is -2.13. The first-order chi connectivity index (χ1) is 7.58. The van der Waals surface area contributed by atoms with E-state index >= 15 is 0 Å². The summed E-state index contributed by atoms with van der Waals surface area (Å²) in [7, 11) is 0. The van der Waals surface area contributed by atoms with E-state index in [2.05, 4.69) is 10.3 Å². The maximum absolute atomic E-state index is 11.9. The highest BCUT2D eigenvalue weighted by molar-refractivity contribution is 6.33. The molecule has 1 saturated carbocycles. The SMILES string of the molecule is CC(NC(=O)c1cc(N)ncc1Cl)C1CC1. The fourth-order valence-electron chi connectivity index (χ4n) is 1.63. The molecule has 1 aliphatic carbocycles. The maximum Gasteiger partial charge on any atom is 0.253 e. The average Bonchev–Trinajstić information content (AvgIpc) is 3.04. The number of anilines is 1. The molecule has 86 valence electrons. The Balaban J connectivity index is 2.10. The minimum absolute atomic E-state index is 0.182. The second-order valence-corrected chi connectivity index (χ2v) is 4.60. The topological polar surface area (TPSA) is 68.0 Å². The van der Waals surface area contributed by atoms with Gasteiger partial charge in [-0.1, -0.05) is 11.6 Å². The van der Waals surface area contributed by atoms with Gasteiger partial charge in [0.2, 0.25) is 0 Å². The van der Waals surface area contributed by atoms with Crippen molar-refractivity contribution < 1.29 is 4.79 Å². The summed E-state index contributed by atoms with van der Waals surface area (Å²) >= 11 is 5.89. The summed E-state index contributed by atoms with van der Waals surface area (Å²) in [5.74, 6) is 0.731. The number of nitrogens with one attached hydrogen (secondary N) is 1. The highest BCUT2D eigenvalue weighted by Crippen LogP contribution is 2.32. The zero-order valence-corrected chi connectivity index (χ0v) is 9.79. The quantitative estimate of drug-likeness (QED) is 0.846. The fraction of sp³-hybridized carbons (Fsp3) is 0.455. The third kappa shape index (κ3) is 2.44. The van der Waals surface area contributed by atoms with Crippen molar-refractivity contribution in [1.29, 1.82) is 0 Å². The van der Waals surface area contributed by atoms with Gasteiger partial charge in [-0.2, -0.15) is 0 Å². The summed E-state index contributed by atoms with van der Waals surface area (Å²) in [6.45, 7) is 2.01. The van der Waals surface area contributed by atoms with Gasteiger partial charge in [-0.15, -0.1) is 0 Å². The van der Waals surface area contributed by atoms with Crippen LogP contribution < -0.4 is 11.1 Å². The van der Waals surface area contributed by atoms with Crippen LogP contribution in [0.15, 0.2) is 12.3 Å². The number of aromatic nitrogens is 1. The van der Waals surface area contributed by atoms with Crippen LogP contribution in [0.3, 0.4) is 0 Å². The number of nitrogen functional groups attached to an aromatic ring is 1. The van der Waals surface area contributed by atoms with Crippen LogP contribution in [0, 0.1) is 5.92 Å². The number of amides is 1. The van der Waals surface area contributed by atoms with Gasteiger partial charge in [0, 0.05) is 12.2 Å². The smallest absolute Gasteiger partial charge is 0.253 e. The molecule has 0 bridgehead atoms. The van der Waals surface area contributed by atoms with Crippen molar-refractivity contribution >= 4 is 23.3 Å². The second-order valence-electron chi connectivity index (χ2n) is 4.19. The fourth-order valence-corrected chi connectivity index (χ4v) is 1.82. The number of carbonyl (C=O) groups excluding carboxylic acids is 1. The Kier molecular flexibility index (Phi) is 3.01. The minimum Gasteiger partial charge on any atom is -0.384 e. The van der Waals surface area contributed by atoms with E-state index in [9.17, 15) is 4.79 Å². The molecule has 4 nitrogen and oxygen atoms in total. The van der Waals surface area contributed by atoms with Gasteiger partial charge >= 0.3 is 0 Å². The number of hydrogen-bond donors (Lipinski definition) is 2. The Morgan fingerprint density at radius 2 is 2.38 bits per heavy atom. The Morgan fingerprint density at radius 3 is 3.00 bits per heavy atom. The van der Waals surface area contributed by atoms with Crippen molar-refractivity contribution in [2.45, 2.75) is 25.8 Å². The molecule has 1 aliphatic rings. The molecule has 5 heteroatoms. The first-order valence-corrected chi connectivity index (χ1v) is 5.67. The van der Waals surface area contributed by atoms with Crippen LogP contribution in [0.2, 0.25) is 5.02 Å². The van der Waals surface area contributed by atoms with Gasteiger partial charge in [-0.05, 0) is 31.7 Å². The Bertz CT molecular complexity index is 418. The highest BCUT2D eigenvalue weighted by atomic mass is 35.5. The van der Waals surface area contributed by atoms with Gasteiger partial charge in [-0.25, -0.2) is 4.98 Å². The summed E-state index contributed by atoms with van der Waals surface area (Å²) in [6, 6.07) is 1.69. The molecule has 0 saturated heterocycles. The summed E-state index contributed by atoms with van der Waals surface area (Å²) in [4.78, 5) is 15.7. The van der Waals surface area contributed by atoms with Gasteiger partial charge in [0.25, 0.3) is 5.91 Å². The van der Waals surface area contributed by atoms with E-state index in [0.29, 0.717) is 22.3 Å². The molecule has 0 spiro atoms. The van der Waals surface area contributed by atoms with Crippen LogP contribution in [0.5, 0.6) is 0 Å². The minimum atomic E-state index is -0.182.